The molecule has 1 aliphatic carbocycles. The van der Waals surface area contributed by atoms with E-state index in [2.05, 4.69) is 42.4 Å². The van der Waals surface area contributed by atoms with Gasteiger partial charge >= 0.3 is 0 Å². The van der Waals surface area contributed by atoms with Gasteiger partial charge < -0.3 is 11.1 Å². The predicted octanol–water partition coefficient (Wildman–Crippen LogP) is 2.45. The van der Waals surface area contributed by atoms with E-state index in [9.17, 15) is 0 Å². The highest BCUT2D eigenvalue weighted by molar-refractivity contribution is 5.94. The molecule has 3 nitrogen and oxygen atoms in total. The topological polar surface area (TPSA) is 50.4 Å². The Morgan fingerprint density at radius 3 is 2.88 bits per heavy atom. The fourth-order valence-electron chi connectivity index (χ4n) is 1.76. The van der Waals surface area contributed by atoms with E-state index in [4.69, 9.17) is 5.73 Å². The number of nitrogens with two attached hydrogens (primary N) is 1. The van der Waals surface area contributed by atoms with Gasteiger partial charge in [0.25, 0.3) is 0 Å². The monoisotopic (exact) mass is 217 g/mol. The SMILES string of the molecule is CCc1cccc(C)c1NC(N)=NC1CC1. The summed E-state index contributed by atoms with van der Waals surface area (Å²) in [6, 6.07) is 6.75. The van der Waals surface area contributed by atoms with Gasteiger partial charge in [-0.25, -0.2) is 4.99 Å². The summed E-state index contributed by atoms with van der Waals surface area (Å²) in [6.07, 6.45) is 3.36. The number of hydrogen-bond acceptors (Lipinski definition) is 1. The first-order valence-electron chi connectivity index (χ1n) is 5.89. The number of hydrogen-bond donors (Lipinski definition) is 2. The molecule has 3 heteroatoms. The molecule has 0 amide bonds. The molecule has 1 aromatic rings. The zero-order valence-corrected chi connectivity index (χ0v) is 9.96. The van der Waals surface area contributed by atoms with Gasteiger partial charge in [-0.05, 0) is 37.3 Å². The van der Waals surface area contributed by atoms with Crippen LogP contribution in [-0.4, -0.2) is 12.0 Å². The Morgan fingerprint density at radius 1 is 1.50 bits per heavy atom. The van der Waals surface area contributed by atoms with Crippen molar-refractivity contribution in [3.05, 3.63) is 29.3 Å². The molecule has 0 heterocycles. The maximum absolute atomic E-state index is 5.88. The molecule has 0 spiro atoms. The molecule has 0 aromatic heterocycles. The summed E-state index contributed by atoms with van der Waals surface area (Å²) < 4.78 is 0. The van der Waals surface area contributed by atoms with Crippen LogP contribution in [0, 0.1) is 6.92 Å². The summed E-state index contributed by atoms with van der Waals surface area (Å²) >= 11 is 0. The van der Waals surface area contributed by atoms with Gasteiger partial charge in [-0.15, -0.1) is 0 Å². The fourth-order valence-corrected chi connectivity index (χ4v) is 1.76. The van der Waals surface area contributed by atoms with Gasteiger partial charge in [-0.2, -0.15) is 0 Å². The Balaban J connectivity index is 2.18. The van der Waals surface area contributed by atoms with Crippen LogP contribution in [0.5, 0.6) is 0 Å². The minimum atomic E-state index is 0.460. The fraction of sp³-hybridized carbons (Fsp3) is 0.462. The summed E-state index contributed by atoms with van der Waals surface area (Å²) in [5.74, 6) is 0.548. The molecule has 0 radical (unpaired) electrons. The van der Waals surface area contributed by atoms with Crippen molar-refractivity contribution in [1.82, 2.24) is 0 Å². The van der Waals surface area contributed by atoms with E-state index in [0.717, 1.165) is 12.1 Å². The highest BCUT2D eigenvalue weighted by atomic mass is 15.1. The van der Waals surface area contributed by atoms with Crippen LogP contribution in [0.15, 0.2) is 23.2 Å². The molecule has 1 fully saturated rings. The third-order valence-corrected chi connectivity index (χ3v) is 2.86. The Labute approximate surface area is 96.8 Å². The molecule has 0 unspecified atom stereocenters. The Hall–Kier alpha value is -1.51. The predicted molar refractivity (Wildman–Crippen MR) is 68.8 cm³/mol. The molecular formula is C13H19N3. The number of para-hydroxylation sites is 1. The molecule has 1 aromatic carbocycles. The van der Waals surface area contributed by atoms with Crippen molar-refractivity contribution in [3.63, 3.8) is 0 Å². The van der Waals surface area contributed by atoms with Gasteiger partial charge in [0, 0.05) is 5.69 Å². The summed E-state index contributed by atoms with van der Waals surface area (Å²) in [4.78, 5) is 4.38. The van der Waals surface area contributed by atoms with Crippen molar-refractivity contribution in [2.24, 2.45) is 10.7 Å². The average Bonchev–Trinajstić information content (AvgIpc) is 3.05. The van der Waals surface area contributed by atoms with Crippen LogP contribution in [-0.2, 0) is 6.42 Å². The first-order chi connectivity index (χ1) is 7.70. The number of nitrogens with zero attached hydrogens (tertiary/aromatic N) is 1. The molecule has 0 bridgehead atoms. The lowest BCUT2D eigenvalue weighted by Gasteiger charge is -2.13. The number of anilines is 1. The molecule has 16 heavy (non-hydrogen) atoms. The van der Waals surface area contributed by atoms with Gasteiger partial charge in [-0.1, -0.05) is 25.1 Å². The van der Waals surface area contributed by atoms with Gasteiger partial charge in [0.2, 0.25) is 0 Å². The van der Waals surface area contributed by atoms with Crippen molar-refractivity contribution >= 4 is 11.6 Å². The van der Waals surface area contributed by atoms with Crippen molar-refractivity contribution < 1.29 is 0 Å². The maximum atomic E-state index is 5.88. The molecule has 1 aliphatic rings. The second-order valence-electron chi connectivity index (χ2n) is 4.33. The summed E-state index contributed by atoms with van der Waals surface area (Å²) in [5.41, 5.74) is 9.50. The van der Waals surface area contributed by atoms with Crippen molar-refractivity contribution in [3.8, 4) is 0 Å². The lowest BCUT2D eigenvalue weighted by Crippen LogP contribution is -2.24. The van der Waals surface area contributed by atoms with E-state index in [1.807, 2.05) is 0 Å². The molecule has 0 atom stereocenters. The van der Waals surface area contributed by atoms with E-state index in [1.165, 1.54) is 24.0 Å². The van der Waals surface area contributed by atoms with Crippen LogP contribution in [0.1, 0.15) is 30.9 Å². The van der Waals surface area contributed by atoms with E-state index in [-0.39, 0.29) is 0 Å². The van der Waals surface area contributed by atoms with E-state index < -0.39 is 0 Å². The molecule has 2 rings (SSSR count). The van der Waals surface area contributed by atoms with E-state index >= 15 is 0 Å². The smallest absolute Gasteiger partial charge is 0.193 e. The average molecular weight is 217 g/mol. The van der Waals surface area contributed by atoms with Crippen LogP contribution in [0.25, 0.3) is 0 Å². The number of benzene rings is 1. The highest BCUT2D eigenvalue weighted by Gasteiger charge is 2.20. The minimum Gasteiger partial charge on any atom is -0.370 e. The van der Waals surface area contributed by atoms with Crippen molar-refractivity contribution in [1.29, 1.82) is 0 Å². The second-order valence-corrected chi connectivity index (χ2v) is 4.33. The highest BCUT2D eigenvalue weighted by Crippen LogP contribution is 2.24. The van der Waals surface area contributed by atoms with Crippen LogP contribution in [0.3, 0.4) is 0 Å². The van der Waals surface area contributed by atoms with Crippen molar-refractivity contribution in [2.45, 2.75) is 39.2 Å². The Bertz CT molecular complexity index is 406. The molecule has 3 N–H and O–H groups in total. The molecule has 0 saturated heterocycles. The third-order valence-electron chi connectivity index (χ3n) is 2.86. The lowest BCUT2D eigenvalue weighted by molar-refractivity contribution is 1.06. The molecular weight excluding hydrogens is 198 g/mol. The van der Waals surface area contributed by atoms with Crippen LogP contribution in [0.2, 0.25) is 0 Å². The first-order valence-corrected chi connectivity index (χ1v) is 5.89. The number of rotatable bonds is 3. The third kappa shape index (κ3) is 2.54. The number of guanidine groups is 1. The van der Waals surface area contributed by atoms with Crippen LogP contribution in [0.4, 0.5) is 5.69 Å². The zero-order chi connectivity index (χ0) is 11.5. The van der Waals surface area contributed by atoms with Crippen molar-refractivity contribution in [2.75, 3.05) is 5.32 Å². The van der Waals surface area contributed by atoms with Crippen LogP contribution >= 0.6 is 0 Å². The first kappa shape index (κ1) is 11.0. The van der Waals surface area contributed by atoms with E-state index in [0.29, 0.717) is 12.0 Å². The number of nitrogens with one attached hydrogen (secondary N) is 1. The number of aliphatic imine (C=N–C) groups is 1. The summed E-state index contributed by atoms with van der Waals surface area (Å²) in [7, 11) is 0. The second kappa shape index (κ2) is 4.56. The Morgan fingerprint density at radius 2 is 2.25 bits per heavy atom. The molecule has 0 aliphatic heterocycles. The zero-order valence-electron chi connectivity index (χ0n) is 9.96. The summed E-state index contributed by atoms with van der Waals surface area (Å²) in [5, 5.41) is 3.23. The summed E-state index contributed by atoms with van der Waals surface area (Å²) in [6.45, 7) is 4.24. The van der Waals surface area contributed by atoms with Gasteiger partial charge in [0.15, 0.2) is 5.96 Å². The Kier molecular flexibility index (Phi) is 3.13. The molecule has 1 saturated carbocycles. The molecule has 86 valence electrons. The van der Waals surface area contributed by atoms with Crippen LogP contribution < -0.4 is 11.1 Å². The maximum Gasteiger partial charge on any atom is 0.193 e. The van der Waals surface area contributed by atoms with Gasteiger partial charge in [-0.3, -0.25) is 0 Å². The quantitative estimate of drug-likeness (QED) is 0.603. The van der Waals surface area contributed by atoms with Gasteiger partial charge in [0.1, 0.15) is 0 Å². The van der Waals surface area contributed by atoms with E-state index in [1.54, 1.807) is 0 Å². The standard InChI is InChI=1S/C13H19N3/c1-3-10-6-4-5-9(2)12(10)16-13(14)15-11-7-8-11/h4-6,11H,3,7-8H2,1-2H3,(H3,14,15,16). The minimum absolute atomic E-state index is 0.460. The number of aryl methyl sites for hydroxylation is 2. The normalized spacial score (nSPS) is 16.2. The largest absolute Gasteiger partial charge is 0.370 e. The lowest BCUT2D eigenvalue weighted by atomic mass is 10.1. The van der Waals surface area contributed by atoms with Gasteiger partial charge in [0.05, 0.1) is 6.04 Å².